The fourth-order valence-electron chi connectivity index (χ4n) is 1.60. The molecule has 1 aromatic carbocycles. The molecule has 0 amide bonds. The van der Waals surface area contributed by atoms with Gasteiger partial charge in [-0.15, -0.1) is 0 Å². The van der Waals surface area contributed by atoms with Crippen LogP contribution in [0.15, 0.2) is 34.3 Å². The number of hydrogen-bond donors (Lipinski definition) is 1. The molecule has 104 valence electrons. The van der Waals surface area contributed by atoms with Crippen LogP contribution in [0.4, 0.5) is 11.6 Å². The number of nitrogens with zero attached hydrogens (tertiary/aromatic N) is 3. The topological polar surface area (TPSA) is 81.0 Å². The largest absolute Gasteiger partial charge is 0.357 e. The normalized spacial score (nSPS) is 10.3. The lowest BCUT2D eigenvalue weighted by Crippen LogP contribution is -2.01. The molecule has 7 heteroatoms. The summed E-state index contributed by atoms with van der Waals surface area (Å²) < 4.78 is 0. The highest BCUT2D eigenvalue weighted by Gasteiger charge is 2.19. The molecule has 2 rings (SSSR count). The van der Waals surface area contributed by atoms with Gasteiger partial charge in [0, 0.05) is 11.9 Å². The lowest BCUT2D eigenvalue weighted by atomic mass is 10.2. The number of anilines is 1. The predicted molar refractivity (Wildman–Crippen MR) is 78.3 cm³/mol. The number of rotatable bonds is 4. The van der Waals surface area contributed by atoms with Crippen LogP contribution in [0.3, 0.4) is 0 Å². The summed E-state index contributed by atoms with van der Waals surface area (Å²) in [7, 11) is 1.67. The number of aromatic nitrogens is 2. The molecule has 0 saturated heterocycles. The second-order valence-electron chi connectivity index (χ2n) is 4.26. The number of aryl methyl sites for hydroxylation is 2. The standard InChI is InChI=1S/C13H14N4O2S/c1-8-4-5-9(2)11(6-8)20-12-10(17(18)19)7-15-13(14-3)16-12/h4-7H,1-3H3,(H,14,15,16). The third kappa shape index (κ3) is 3.05. The Bertz CT molecular complexity index is 661. The van der Waals surface area contributed by atoms with Gasteiger partial charge in [-0.05, 0) is 31.0 Å². The smallest absolute Gasteiger partial charge is 0.320 e. The molecule has 0 bridgehead atoms. The van der Waals surface area contributed by atoms with E-state index in [4.69, 9.17) is 0 Å². The minimum Gasteiger partial charge on any atom is -0.357 e. The van der Waals surface area contributed by atoms with Gasteiger partial charge in [-0.1, -0.05) is 23.9 Å². The summed E-state index contributed by atoms with van der Waals surface area (Å²) in [5.74, 6) is 0.364. The SMILES string of the molecule is CNc1ncc([N+](=O)[O-])c(Sc2cc(C)ccc2C)n1. The average molecular weight is 290 g/mol. The van der Waals surface area contributed by atoms with E-state index < -0.39 is 4.92 Å². The molecule has 1 aromatic heterocycles. The molecular formula is C13H14N4O2S. The fraction of sp³-hybridized carbons (Fsp3) is 0.231. The maximum atomic E-state index is 11.1. The molecular weight excluding hydrogens is 276 g/mol. The molecule has 0 aliphatic heterocycles. The first kappa shape index (κ1) is 14.3. The molecule has 20 heavy (non-hydrogen) atoms. The van der Waals surface area contributed by atoms with Crippen LogP contribution >= 0.6 is 11.8 Å². The third-order valence-electron chi connectivity index (χ3n) is 2.71. The lowest BCUT2D eigenvalue weighted by molar-refractivity contribution is -0.388. The van der Waals surface area contributed by atoms with Crippen LogP contribution in [-0.2, 0) is 0 Å². The van der Waals surface area contributed by atoms with Crippen molar-refractivity contribution in [1.82, 2.24) is 9.97 Å². The Morgan fingerprint density at radius 2 is 2.10 bits per heavy atom. The van der Waals surface area contributed by atoms with Crippen LogP contribution < -0.4 is 5.32 Å². The Morgan fingerprint density at radius 3 is 2.75 bits per heavy atom. The van der Waals surface area contributed by atoms with Gasteiger partial charge < -0.3 is 5.32 Å². The van der Waals surface area contributed by atoms with Crippen molar-refractivity contribution in [1.29, 1.82) is 0 Å². The van der Waals surface area contributed by atoms with Gasteiger partial charge in [0.15, 0.2) is 5.03 Å². The van der Waals surface area contributed by atoms with Crippen molar-refractivity contribution in [3.05, 3.63) is 45.6 Å². The van der Waals surface area contributed by atoms with Gasteiger partial charge in [-0.25, -0.2) is 4.98 Å². The first-order valence-electron chi connectivity index (χ1n) is 5.95. The molecule has 0 fully saturated rings. The van der Waals surface area contributed by atoms with E-state index in [9.17, 15) is 10.1 Å². The second-order valence-corrected chi connectivity index (χ2v) is 5.29. The van der Waals surface area contributed by atoms with Crippen molar-refractivity contribution in [2.75, 3.05) is 12.4 Å². The van der Waals surface area contributed by atoms with E-state index in [0.717, 1.165) is 16.0 Å². The molecule has 0 saturated carbocycles. The zero-order valence-electron chi connectivity index (χ0n) is 11.4. The van der Waals surface area contributed by atoms with Crippen LogP contribution in [0, 0.1) is 24.0 Å². The number of hydrogen-bond acceptors (Lipinski definition) is 6. The maximum Gasteiger partial charge on any atom is 0.320 e. The van der Waals surface area contributed by atoms with Crippen molar-refractivity contribution in [3.63, 3.8) is 0 Å². The molecule has 0 unspecified atom stereocenters. The Morgan fingerprint density at radius 1 is 1.35 bits per heavy atom. The highest BCUT2D eigenvalue weighted by molar-refractivity contribution is 7.99. The quantitative estimate of drug-likeness (QED) is 0.529. The minimum atomic E-state index is -0.465. The molecule has 1 heterocycles. The van der Waals surface area contributed by atoms with E-state index >= 15 is 0 Å². The van der Waals surface area contributed by atoms with Crippen molar-refractivity contribution in [2.24, 2.45) is 0 Å². The van der Waals surface area contributed by atoms with Crippen LogP contribution in [0.1, 0.15) is 11.1 Å². The number of nitrogens with one attached hydrogen (secondary N) is 1. The van der Waals surface area contributed by atoms with Crippen molar-refractivity contribution < 1.29 is 4.92 Å². The molecule has 0 aliphatic carbocycles. The molecule has 1 N–H and O–H groups in total. The van der Waals surface area contributed by atoms with Gasteiger partial charge in [0.1, 0.15) is 6.20 Å². The van der Waals surface area contributed by atoms with Gasteiger partial charge in [0.25, 0.3) is 0 Å². The average Bonchev–Trinajstić information content (AvgIpc) is 2.42. The van der Waals surface area contributed by atoms with Crippen molar-refractivity contribution in [2.45, 2.75) is 23.8 Å². The molecule has 0 atom stereocenters. The monoisotopic (exact) mass is 290 g/mol. The van der Waals surface area contributed by atoms with E-state index in [1.165, 1.54) is 18.0 Å². The molecule has 2 aromatic rings. The molecule has 0 aliphatic rings. The zero-order valence-corrected chi connectivity index (χ0v) is 12.2. The summed E-state index contributed by atoms with van der Waals surface area (Å²) in [4.78, 5) is 19.6. The summed E-state index contributed by atoms with van der Waals surface area (Å²) in [6, 6.07) is 5.99. The van der Waals surface area contributed by atoms with Crippen molar-refractivity contribution >= 4 is 23.4 Å². The van der Waals surface area contributed by atoms with Crippen LogP contribution in [0.2, 0.25) is 0 Å². The lowest BCUT2D eigenvalue weighted by Gasteiger charge is -2.07. The van der Waals surface area contributed by atoms with Gasteiger partial charge >= 0.3 is 5.69 Å². The molecule has 0 radical (unpaired) electrons. The molecule has 0 spiro atoms. The Hall–Kier alpha value is -2.15. The van der Waals surface area contributed by atoms with Crippen LogP contribution in [0.5, 0.6) is 0 Å². The Balaban J connectivity index is 2.45. The Labute approximate surface area is 120 Å². The first-order valence-corrected chi connectivity index (χ1v) is 6.77. The second kappa shape index (κ2) is 5.87. The number of nitro groups is 1. The molecule has 6 nitrogen and oxygen atoms in total. The third-order valence-corrected chi connectivity index (χ3v) is 3.86. The highest BCUT2D eigenvalue weighted by atomic mass is 32.2. The van der Waals surface area contributed by atoms with E-state index in [-0.39, 0.29) is 5.69 Å². The summed E-state index contributed by atoms with van der Waals surface area (Å²) in [5.41, 5.74) is 2.07. The van der Waals surface area contributed by atoms with Crippen molar-refractivity contribution in [3.8, 4) is 0 Å². The Kier molecular flexibility index (Phi) is 4.19. The van der Waals surface area contributed by atoms with E-state index in [2.05, 4.69) is 15.3 Å². The maximum absolute atomic E-state index is 11.1. The van der Waals surface area contributed by atoms with Gasteiger partial charge in [-0.2, -0.15) is 4.98 Å². The predicted octanol–water partition coefficient (Wildman–Crippen LogP) is 3.19. The number of benzene rings is 1. The zero-order chi connectivity index (χ0) is 14.7. The summed E-state index contributed by atoms with van der Waals surface area (Å²) in [6.45, 7) is 3.95. The summed E-state index contributed by atoms with van der Waals surface area (Å²) in [6.07, 6.45) is 1.23. The van der Waals surface area contributed by atoms with Crippen LogP contribution in [-0.4, -0.2) is 21.9 Å². The minimum absolute atomic E-state index is 0.0880. The summed E-state index contributed by atoms with van der Waals surface area (Å²) >= 11 is 1.28. The highest BCUT2D eigenvalue weighted by Crippen LogP contribution is 2.35. The van der Waals surface area contributed by atoms with Gasteiger partial charge in [0.2, 0.25) is 5.95 Å². The van der Waals surface area contributed by atoms with Gasteiger partial charge in [-0.3, -0.25) is 10.1 Å². The summed E-state index contributed by atoms with van der Waals surface area (Å²) in [5, 5.41) is 14.2. The van der Waals surface area contributed by atoms with E-state index in [1.54, 1.807) is 7.05 Å². The fourth-order valence-corrected chi connectivity index (χ4v) is 2.65. The van der Waals surface area contributed by atoms with E-state index in [0.29, 0.717) is 11.0 Å². The van der Waals surface area contributed by atoms with Gasteiger partial charge in [0.05, 0.1) is 4.92 Å². The first-order chi connectivity index (χ1) is 9.51. The van der Waals surface area contributed by atoms with Crippen LogP contribution in [0.25, 0.3) is 0 Å². The van der Waals surface area contributed by atoms with E-state index in [1.807, 2.05) is 32.0 Å².